The minimum Gasteiger partial charge on any atom is -0.478 e. The fourth-order valence-corrected chi connectivity index (χ4v) is 3.75. The summed E-state index contributed by atoms with van der Waals surface area (Å²) in [6.07, 6.45) is 1.49. The quantitative estimate of drug-likeness (QED) is 0.716. The molecule has 0 aliphatic rings. The Labute approximate surface area is 153 Å². The lowest BCUT2D eigenvalue weighted by Crippen LogP contribution is -2.30. The Hall–Kier alpha value is -2.72. The molecule has 0 spiro atoms. The van der Waals surface area contributed by atoms with Gasteiger partial charge in [-0.15, -0.1) is 5.10 Å². The molecule has 0 fully saturated rings. The van der Waals surface area contributed by atoms with E-state index in [1.165, 1.54) is 29.9 Å². The van der Waals surface area contributed by atoms with Crippen LogP contribution in [0.4, 0.5) is 5.69 Å². The molecule has 0 radical (unpaired) electrons. The first-order chi connectivity index (χ1) is 12.1. The molecule has 3 rings (SSSR count). The molecule has 136 valence electrons. The van der Waals surface area contributed by atoms with Crippen molar-refractivity contribution in [3.05, 3.63) is 46.2 Å². The van der Waals surface area contributed by atoms with Crippen molar-refractivity contribution in [3.63, 3.8) is 0 Å². The number of benzene rings is 1. The van der Waals surface area contributed by atoms with Crippen molar-refractivity contribution in [1.82, 2.24) is 19.6 Å². The molecule has 3 aromatic rings. The Morgan fingerprint density at radius 1 is 1.27 bits per heavy atom. The Balaban J connectivity index is 2.20. The standard InChI is InChI=1S/C15H14ClN5O4S/c1-8-6-7-17-14-18-15(19-21(8)14)26(24,25)20(3)12-9(2)11(16)5-4-10(12)13(22)23/h4-7H,1-3H3,(H,22,23). The molecule has 0 atom stereocenters. The van der Waals surface area contributed by atoms with E-state index in [1.54, 1.807) is 19.9 Å². The number of carbonyl (C=O) groups is 1. The Morgan fingerprint density at radius 3 is 2.58 bits per heavy atom. The number of hydrogen-bond acceptors (Lipinski definition) is 6. The Kier molecular flexibility index (Phi) is 4.32. The van der Waals surface area contributed by atoms with Crippen LogP contribution in [0.2, 0.25) is 5.02 Å². The van der Waals surface area contributed by atoms with Crippen LogP contribution in [0.1, 0.15) is 21.6 Å². The van der Waals surface area contributed by atoms with Crippen LogP contribution in [0.5, 0.6) is 0 Å². The SMILES string of the molecule is Cc1c(Cl)ccc(C(=O)O)c1N(C)S(=O)(=O)c1nc2nccc(C)n2n1. The van der Waals surface area contributed by atoms with Crippen LogP contribution in [-0.2, 0) is 10.0 Å². The number of fused-ring (bicyclic) bond motifs is 1. The van der Waals surface area contributed by atoms with E-state index in [1.807, 2.05) is 0 Å². The maximum Gasteiger partial charge on any atom is 0.337 e. The molecule has 0 unspecified atom stereocenters. The van der Waals surface area contributed by atoms with E-state index in [0.717, 1.165) is 4.31 Å². The van der Waals surface area contributed by atoms with Crippen LogP contribution >= 0.6 is 11.6 Å². The van der Waals surface area contributed by atoms with Crippen LogP contribution in [0, 0.1) is 13.8 Å². The van der Waals surface area contributed by atoms with Crippen molar-refractivity contribution < 1.29 is 18.3 Å². The average Bonchev–Trinajstić information content (AvgIpc) is 3.02. The van der Waals surface area contributed by atoms with Crippen molar-refractivity contribution >= 4 is 39.1 Å². The Bertz CT molecular complexity index is 1140. The summed E-state index contributed by atoms with van der Waals surface area (Å²) in [6, 6.07) is 4.31. The molecule has 2 heterocycles. The monoisotopic (exact) mass is 395 g/mol. The van der Waals surface area contributed by atoms with Gasteiger partial charge in [0, 0.05) is 24.0 Å². The number of hydrogen-bond donors (Lipinski definition) is 1. The van der Waals surface area contributed by atoms with Gasteiger partial charge in [-0.1, -0.05) is 11.6 Å². The number of rotatable bonds is 4. The largest absolute Gasteiger partial charge is 0.478 e. The van der Waals surface area contributed by atoms with Gasteiger partial charge in [0.05, 0.1) is 11.3 Å². The molecule has 2 aromatic heterocycles. The molecule has 0 saturated carbocycles. The zero-order chi connectivity index (χ0) is 19.2. The molecule has 0 amide bonds. The summed E-state index contributed by atoms with van der Waals surface area (Å²) >= 11 is 6.06. The molecule has 11 heteroatoms. The van der Waals surface area contributed by atoms with Crippen LogP contribution in [0.25, 0.3) is 5.78 Å². The zero-order valence-corrected chi connectivity index (χ0v) is 15.6. The lowest BCUT2D eigenvalue weighted by atomic mass is 10.1. The zero-order valence-electron chi connectivity index (χ0n) is 14.0. The summed E-state index contributed by atoms with van der Waals surface area (Å²) in [5.41, 5.74) is 0.719. The number of sulfonamides is 1. The third-order valence-electron chi connectivity index (χ3n) is 3.91. The number of anilines is 1. The number of aryl methyl sites for hydroxylation is 1. The van der Waals surface area contributed by atoms with E-state index in [4.69, 9.17) is 11.6 Å². The summed E-state index contributed by atoms with van der Waals surface area (Å²) in [6.45, 7) is 3.27. The summed E-state index contributed by atoms with van der Waals surface area (Å²) in [4.78, 5) is 19.5. The number of nitrogens with zero attached hydrogens (tertiary/aromatic N) is 5. The van der Waals surface area contributed by atoms with Gasteiger partial charge in [-0.05, 0) is 37.6 Å². The number of carboxylic acid groups (broad SMARTS) is 1. The highest BCUT2D eigenvalue weighted by Gasteiger charge is 2.31. The van der Waals surface area contributed by atoms with Crippen molar-refractivity contribution in [2.45, 2.75) is 19.0 Å². The van der Waals surface area contributed by atoms with Gasteiger partial charge in [0.15, 0.2) is 0 Å². The van der Waals surface area contributed by atoms with Gasteiger partial charge in [0.25, 0.3) is 10.9 Å². The van der Waals surface area contributed by atoms with Gasteiger partial charge in [-0.3, -0.25) is 4.31 Å². The van der Waals surface area contributed by atoms with Crippen molar-refractivity contribution in [3.8, 4) is 0 Å². The summed E-state index contributed by atoms with van der Waals surface area (Å²) in [5.74, 6) is -1.15. The molecule has 0 aliphatic heterocycles. The lowest BCUT2D eigenvalue weighted by molar-refractivity contribution is 0.0697. The van der Waals surface area contributed by atoms with E-state index < -0.39 is 21.1 Å². The number of carboxylic acids is 1. The molecular formula is C15H14ClN5O4S. The molecule has 0 saturated heterocycles. The maximum atomic E-state index is 13.0. The molecule has 0 bridgehead atoms. The second-order valence-electron chi connectivity index (χ2n) is 5.54. The highest BCUT2D eigenvalue weighted by atomic mass is 35.5. The van der Waals surface area contributed by atoms with Crippen LogP contribution in [-0.4, -0.2) is 46.1 Å². The second-order valence-corrected chi connectivity index (χ2v) is 7.81. The third-order valence-corrected chi connectivity index (χ3v) is 5.86. The van der Waals surface area contributed by atoms with E-state index in [9.17, 15) is 18.3 Å². The van der Waals surface area contributed by atoms with Gasteiger partial charge in [-0.25, -0.2) is 14.3 Å². The fourth-order valence-electron chi connectivity index (χ4n) is 2.49. The summed E-state index contributed by atoms with van der Waals surface area (Å²) in [7, 11) is -3.01. The normalized spacial score (nSPS) is 11.7. The van der Waals surface area contributed by atoms with Gasteiger partial charge >= 0.3 is 16.0 Å². The maximum absolute atomic E-state index is 13.0. The van der Waals surface area contributed by atoms with E-state index >= 15 is 0 Å². The van der Waals surface area contributed by atoms with Gasteiger partial charge in [0.1, 0.15) is 0 Å². The van der Waals surface area contributed by atoms with Crippen LogP contribution in [0.3, 0.4) is 0 Å². The fraction of sp³-hybridized carbons (Fsp3) is 0.200. The van der Waals surface area contributed by atoms with Gasteiger partial charge in [-0.2, -0.15) is 13.4 Å². The highest BCUT2D eigenvalue weighted by molar-refractivity contribution is 7.92. The summed E-state index contributed by atoms with van der Waals surface area (Å²) < 4.78 is 28.1. The van der Waals surface area contributed by atoms with E-state index in [-0.39, 0.29) is 22.1 Å². The van der Waals surface area contributed by atoms with E-state index in [0.29, 0.717) is 11.3 Å². The average molecular weight is 396 g/mol. The smallest absolute Gasteiger partial charge is 0.337 e. The van der Waals surface area contributed by atoms with E-state index in [2.05, 4.69) is 15.1 Å². The Morgan fingerprint density at radius 2 is 1.96 bits per heavy atom. The molecule has 1 aromatic carbocycles. The van der Waals surface area contributed by atoms with Crippen molar-refractivity contribution in [1.29, 1.82) is 0 Å². The third kappa shape index (κ3) is 2.76. The highest BCUT2D eigenvalue weighted by Crippen LogP contribution is 2.33. The number of halogens is 1. The molecule has 9 nitrogen and oxygen atoms in total. The topological polar surface area (TPSA) is 118 Å². The van der Waals surface area contributed by atoms with Gasteiger partial charge in [0.2, 0.25) is 0 Å². The number of aromatic carboxylic acids is 1. The first kappa shape index (κ1) is 18.1. The van der Waals surface area contributed by atoms with Crippen molar-refractivity contribution in [2.24, 2.45) is 0 Å². The predicted octanol–water partition coefficient (Wildman–Crippen LogP) is 1.92. The molecule has 26 heavy (non-hydrogen) atoms. The molecular weight excluding hydrogens is 382 g/mol. The lowest BCUT2D eigenvalue weighted by Gasteiger charge is -2.22. The predicted molar refractivity (Wildman–Crippen MR) is 94.3 cm³/mol. The first-order valence-electron chi connectivity index (χ1n) is 7.34. The molecule has 1 N–H and O–H groups in total. The van der Waals surface area contributed by atoms with Gasteiger partial charge < -0.3 is 5.11 Å². The summed E-state index contributed by atoms with van der Waals surface area (Å²) in [5, 5.41) is 13.2. The minimum atomic E-state index is -4.24. The first-order valence-corrected chi connectivity index (χ1v) is 9.16. The number of aromatic nitrogens is 4. The van der Waals surface area contributed by atoms with Crippen LogP contribution in [0.15, 0.2) is 29.6 Å². The molecule has 0 aliphatic carbocycles. The van der Waals surface area contributed by atoms with Crippen molar-refractivity contribution in [2.75, 3.05) is 11.4 Å². The second kappa shape index (κ2) is 6.22. The van der Waals surface area contributed by atoms with Crippen LogP contribution < -0.4 is 4.31 Å². The minimum absolute atomic E-state index is 0.0477.